The molecule has 0 aliphatic carbocycles. The van der Waals surface area contributed by atoms with Crippen molar-refractivity contribution in [1.82, 2.24) is 4.57 Å². The van der Waals surface area contributed by atoms with Gasteiger partial charge in [0.05, 0.1) is 20.6 Å². The Balaban J connectivity index is 0.000000310. The van der Waals surface area contributed by atoms with Crippen LogP contribution >= 0.6 is 27.5 Å². The Bertz CT molecular complexity index is 1290. The van der Waals surface area contributed by atoms with Gasteiger partial charge in [0.1, 0.15) is 18.5 Å². The fraction of sp³-hybridized carbons (Fsp3) is 0.190. The SMILES string of the molecule is CCOCn1c(-c2ccc(Cl)cc2)c(C#N)c(Br)c1C(F)(F)F.Nc1ccc(S(N)(=O)=O)cc1. The van der Waals surface area contributed by atoms with Crippen molar-refractivity contribution in [3.05, 3.63) is 69.3 Å². The summed E-state index contributed by atoms with van der Waals surface area (Å²) in [7, 11) is -3.58. The summed E-state index contributed by atoms with van der Waals surface area (Å²) >= 11 is 8.73. The maximum absolute atomic E-state index is 13.4. The predicted octanol–water partition coefficient (Wildman–Crippen LogP) is 5.37. The van der Waals surface area contributed by atoms with Crippen LogP contribution in [0.15, 0.2) is 57.9 Å². The zero-order valence-electron chi connectivity index (χ0n) is 17.6. The van der Waals surface area contributed by atoms with Gasteiger partial charge in [-0.15, -0.1) is 0 Å². The predicted molar refractivity (Wildman–Crippen MR) is 126 cm³/mol. The van der Waals surface area contributed by atoms with Gasteiger partial charge in [-0.1, -0.05) is 23.7 Å². The normalized spacial score (nSPS) is 11.5. The standard InChI is InChI=1S/C15H11BrClF3N2O.C6H8N2O2S/c1-2-23-8-22-13(9-3-5-10(17)6-4-9)11(7-21)12(16)14(22)15(18,19)20;7-5-1-3-6(4-2-5)11(8,9)10/h3-6H,2,8H2,1H3;1-4H,7H2,(H2,8,9,10). The lowest BCUT2D eigenvalue weighted by molar-refractivity contribution is -0.146. The first-order valence-corrected chi connectivity index (χ1v) is 12.1. The van der Waals surface area contributed by atoms with E-state index in [-0.39, 0.29) is 34.0 Å². The van der Waals surface area contributed by atoms with Crippen molar-refractivity contribution in [2.75, 3.05) is 12.3 Å². The number of anilines is 1. The van der Waals surface area contributed by atoms with E-state index in [1.165, 1.54) is 24.3 Å². The first kappa shape index (κ1) is 27.7. The molecule has 4 N–H and O–H groups in total. The molecule has 2 aromatic carbocycles. The van der Waals surface area contributed by atoms with Crippen molar-refractivity contribution in [2.45, 2.75) is 24.7 Å². The number of nitrogen functional groups attached to an aromatic ring is 1. The molecule has 0 aliphatic rings. The molecule has 1 aromatic heterocycles. The highest BCUT2D eigenvalue weighted by Gasteiger charge is 2.40. The number of rotatable bonds is 5. The van der Waals surface area contributed by atoms with Gasteiger partial charge in [0.15, 0.2) is 0 Å². The first-order valence-electron chi connectivity index (χ1n) is 9.42. The van der Waals surface area contributed by atoms with Crippen LogP contribution in [-0.2, 0) is 27.7 Å². The van der Waals surface area contributed by atoms with E-state index in [1.807, 2.05) is 6.07 Å². The van der Waals surface area contributed by atoms with Crippen LogP contribution in [0.3, 0.4) is 0 Å². The Hall–Kier alpha value is -2.56. The molecule has 34 heavy (non-hydrogen) atoms. The Morgan fingerprint density at radius 1 is 1.15 bits per heavy atom. The van der Waals surface area contributed by atoms with Gasteiger partial charge >= 0.3 is 6.18 Å². The number of halogens is 5. The quantitative estimate of drug-likeness (QED) is 0.393. The van der Waals surface area contributed by atoms with E-state index >= 15 is 0 Å². The minimum atomic E-state index is -4.63. The molecular weight excluding hydrogens is 561 g/mol. The van der Waals surface area contributed by atoms with Crippen LogP contribution < -0.4 is 10.9 Å². The maximum Gasteiger partial charge on any atom is 0.432 e. The molecule has 0 saturated carbocycles. The molecule has 0 bridgehead atoms. The molecule has 0 unspecified atom stereocenters. The highest BCUT2D eigenvalue weighted by Crippen LogP contribution is 2.43. The number of benzene rings is 2. The second-order valence-corrected chi connectivity index (χ2v) is 9.46. The lowest BCUT2D eigenvalue weighted by atomic mass is 10.1. The van der Waals surface area contributed by atoms with Crippen LogP contribution in [0.2, 0.25) is 5.02 Å². The number of nitrogens with two attached hydrogens (primary N) is 2. The van der Waals surface area contributed by atoms with Crippen LogP contribution in [0, 0.1) is 11.3 Å². The van der Waals surface area contributed by atoms with E-state index in [4.69, 9.17) is 27.2 Å². The number of sulfonamides is 1. The third-order valence-electron chi connectivity index (χ3n) is 4.34. The molecule has 182 valence electrons. The van der Waals surface area contributed by atoms with Crippen molar-refractivity contribution in [2.24, 2.45) is 5.14 Å². The fourth-order valence-corrected chi connectivity index (χ4v) is 4.20. The minimum absolute atomic E-state index is 0.0756. The monoisotopic (exact) mass is 578 g/mol. The van der Waals surface area contributed by atoms with Crippen molar-refractivity contribution in [3.8, 4) is 17.3 Å². The lowest BCUT2D eigenvalue weighted by Crippen LogP contribution is -2.16. The van der Waals surface area contributed by atoms with Crippen LogP contribution in [-0.4, -0.2) is 19.6 Å². The summed E-state index contributed by atoms with van der Waals surface area (Å²) < 4.78 is 67.4. The van der Waals surface area contributed by atoms with Gasteiger partial charge in [-0.3, -0.25) is 0 Å². The summed E-state index contributed by atoms with van der Waals surface area (Å²) in [5.41, 5.74) is 5.38. The van der Waals surface area contributed by atoms with Crippen LogP contribution in [0.1, 0.15) is 18.2 Å². The maximum atomic E-state index is 13.4. The van der Waals surface area contributed by atoms with Gasteiger partial charge in [-0.25, -0.2) is 13.6 Å². The molecule has 0 saturated heterocycles. The molecule has 7 nitrogen and oxygen atoms in total. The first-order chi connectivity index (χ1) is 15.8. The van der Waals surface area contributed by atoms with E-state index in [9.17, 15) is 26.9 Å². The van der Waals surface area contributed by atoms with Gasteiger partial charge in [0.2, 0.25) is 10.0 Å². The minimum Gasteiger partial charge on any atom is -0.399 e. The van der Waals surface area contributed by atoms with Gasteiger partial charge < -0.3 is 15.0 Å². The summed E-state index contributed by atoms with van der Waals surface area (Å²) in [6.07, 6.45) is -4.63. The van der Waals surface area contributed by atoms with Crippen molar-refractivity contribution < 1.29 is 26.3 Å². The van der Waals surface area contributed by atoms with E-state index in [0.29, 0.717) is 16.3 Å². The number of ether oxygens (including phenoxy) is 1. The molecule has 0 radical (unpaired) electrons. The van der Waals surface area contributed by atoms with E-state index in [0.717, 1.165) is 4.57 Å². The molecule has 0 amide bonds. The zero-order valence-corrected chi connectivity index (χ0v) is 20.8. The van der Waals surface area contributed by atoms with Crippen molar-refractivity contribution >= 4 is 43.2 Å². The number of nitriles is 1. The molecule has 0 aliphatic heterocycles. The number of primary sulfonamides is 1. The topological polar surface area (TPSA) is 124 Å². The summed E-state index contributed by atoms with van der Waals surface area (Å²) in [4.78, 5) is 0.0756. The third kappa shape index (κ3) is 6.74. The largest absolute Gasteiger partial charge is 0.432 e. The summed E-state index contributed by atoms with van der Waals surface area (Å²) in [6, 6.07) is 13.8. The van der Waals surface area contributed by atoms with E-state index in [2.05, 4.69) is 15.9 Å². The average molecular weight is 580 g/mol. The molecule has 3 rings (SSSR count). The Labute approximate surface area is 207 Å². The van der Waals surface area contributed by atoms with Crippen molar-refractivity contribution in [3.63, 3.8) is 0 Å². The number of nitrogens with zero attached hydrogens (tertiary/aromatic N) is 2. The van der Waals surface area contributed by atoms with Gasteiger partial charge in [0.25, 0.3) is 0 Å². The van der Waals surface area contributed by atoms with Gasteiger partial charge in [0, 0.05) is 17.3 Å². The second-order valence-electron chi connectivity index (χ2n) is 6.67. The summed E-state index contributed by atoms with van der Waals surface area (Å²) in [5, 5.41) is 14.6. The van der Waals surface area contributed by atoms with Gasteiger partial charge in [-0.05, 0) is 64.8 Å². The Kier molecular flexibility index (Phi) is 9.15. The van der Waals surface area contributed by atoms with E-state index < -0.39 is 21.9 Å². The molecule has 3 aromatic rings. The number of aromatic nitrogens is 1. The molecule has 1 heterocycles. The van der Waals surface area contributed by atoms with Crippen LogP contribution in [0.25, 0.3) is 11.3 Å². The van der Waals surface area contributed by atoms with E-state index in [1.54, 1.807) is 31.2 Å². The number of hydrogen-bond acceptors (Lipinski definition) is 5. The van der Waals surface area contributed by atoms with Crippen LogP contribution in [0.5, 0.6) is 0 Å². The van der Waals surface area contributed by atoms with Gasteiger partial charge in [-0.2, -0.15) is 18.4 Å². The third-order valence-corrected chi connectivity index (χ3v) is 6.29. The molecule has 0 atom stereocenters. The molecule has 13 heteroatoms. The summed E-state index contributed by atoms with van der Waals surface area (Å²) in [5.74, 6) is 0. The van der Waals surface area contributed by atoms with Crippen molar-refractivity contribution in [1.29, 1.82) is 5.26 Å². The molecule has 0 fully saturated rings. The lowest BCUT2D eigenvalue weighted by Gasteiger charge is -2.15. The second kappa shape index (κ2) is 11.2. The highest BCUT2D eigenvalue weighted by atomic mass is 79.9. The zero-order chi connectivity index (χ0) is 25.7. The Morgan fingerprint density at radius 3 is 2.15 bits per heavy atom. The molecular formula is C21H19BrClF3N4O3S. The smallest absolute Gasteiger partial charge is 0.399 e. The number of alkyl halides is 3. The summed E-state index contributed by atoms with van der Waals surface area (Å²) in [6.45, 7) is 1.61. The number of hydrogen-bond donors (Lipinski definition) is 2. The Morgan fingerprint density at radius 2 is 1.71 bits per heavy atom. The fourth-order valence-electron chi connectivity index (χ4n) is 2.84. The average Bonchev–Trinajstić information content (AvgIpc) is 3.04. The highest BCUT2D eigenvalue weighted by molar-refractivity contribution is 9.10. The van der Waals surface area contributed by atoms with Crippen LogP contribution in [0.4, 0.5) is 18.9 Å². The molecule has 0 spiro atoms.